The van der Waals surface area contributed by atoms with E-state index in [1.807, 2.05) is 57.0 Å². The summed E-state index contributed by atoms with van der Waals surface area (Å²) in [6.45, 7) is 5.94. The van der Waals surface area contributed by atoms with Crippen molar-refractivity contribution < 1.29 is 4.79 Å². The van der Waals surface area contributed by atoms with Crippen LogP contribution in [0.2, 0.25) is 0 Å². The number of nitrogens with one attached hydrogen (secondary N) is 1. The van der Waals surface area contributed by atoms with E-state index in [9.17, 15) is 4.79 Å². The number of carbonyl (C=O) groups excluding carboxylic acids is 1. The Hall–Kier alpha value is -1.95. The standard InChI is InChI=1S/C16H19BrN4O/c1-10-7-13(17)5-6-14(10)20-16(22)9-21(4)15-8-11(2)18-12(3)19-15/h5-8H,9H2,1-4H3,(H,20,22). The van der Waals surface area contributed by atoms with Crippen molar-refractivity contribution >= 4 is 33.3 Å². The summed E-state index contributed by atoms with van der Waals surface area (Å²) in [6, 6.07) is 7.63. The van der Waals surface area contributed by atoms with E-state index < -0.39 is 0 Å². The molecule has 1 heterocycles. The normalized spacial score (nSPS) is 10.4. The van der Waals surface area contributed by atoms with Crippen LogP contribution in [0.25, 0.3) is 0 Å². The summed E-state index contributed by atoms with van der Waals surface area (Å²) < 4.78 is 0.993. The zero-order valence-corrected chi connectivity index (χ0v) is 14.7. The fraction of sp³-hybridized carbons (Fsp3) is 0.312. The van der Waals surface area contributed by atoms with Gasteiger partial charge in [-0.25, -0.2) is 9.97 Å². The van der Waals surface area contributed by atoms with Crippen LogP contribution in [0.3, 0.4) is 0 Å². The predicted octanol–water partition coefficient (Wildman–Crippen LogP) is 3.24. The lowest BCUT2D eigenvalue weighted by Crippen LogP contribution is -2.31. The van der Waals surface area contributed by atoms with Gasteiger partial charge in [0.15, 0.2) is 0 Å². The molecule has 0 bridgehead atoms. The highest BCUT2D eigenvalue weighted by Crippen LogP contribution is 2.20. The molecule has 0 aliphatic carbocycles. The third-order valence-corrected chi connectivity index (χ3v) is 3.68. The Morgan fingerprint density at radius 1 is 1.23 bits per heavy atom. The van der Waals surface area contributed by atoms with Gasteiger partial charge in [0.05, 0.1) is 6.54 Å². The molecule has 0 radical (unpaired) electrons. The minimum absolute atomic E-state index is 0.0816. The maximum absolute atomic E-state index is 12.2. The number of amides is 1. The smallest absolute Gasteiger partial charge is 0.243 e. The van der Waals surface area contributed by atoms with E-state index in [0.29, 0.717) is 5.82 Å². The van der Waals surface area contributed by atoms with E-state index in [1.165, 1.54) is 0 Å². The van der Waals surface area contributed by atoms with Gasteiger partial charge in [0.1, 0.15) is 11.6 Å². The van der Waals surface area contributed by atoms with Crippen LogP contribution >= 0.6 is 15.9 Å². The number of likely N-dealkylation sites (N-methyl/N-ethyl adjacent to an activating group) is 1. The molecular formula is C16H19BrN4O. The molecule has 6 heteroatoms. The number of anilines is 2. The lowest BCUT2D eigenvalue weighted by Gasteiger charge is -2.19. The highest BCUT2D eigenvalue weighted by atomic mass is 79.9. The SMILES string of the molecule is Cc1cc(N(C)CC(=O)Nc2ccc(Br)cc2C)nc(C)n1. The highest BCUT2D eigenvalue weighted by molar-refractivity contribution is 9.10. The van der Waals surface area contributed by atoms with Gasteiger partial charge in [-0.05, 0) is 44.5 Å². The number of halogens is 1. The average Bonchev–Trinajstić information content (AvgIpc) is 2.40. The van der Waals surface area contributed by atoms with E-state index in [0.717, 1.165) is 27.2 Å². The van der Waals surface area contributed by atoms with Crippen molar-refractivity contribution in [3.05, 3.63) is 45.8 Å². The topological polar surface area (TPSA) is 58.1 Å². The first-order chi connectivity index (χ1) is 10.3. The molecular weight excluding hydrogens is 344 g/mol. The first-order valence-corrected chi connectivity index (χ1v) is 7.74. The van der Waals surface area contributed by atoms with Crippen molar-refractivity contribution in [1.82, 2.24) is 9.97 Å². The maximum Gasteiger partial charge on any atom is 0.243 e. The summed E-state index contributed by atoms with van der Waals surface area (Å²) in [5.41, 5.74) is 2.72. The zero-order chi connectivity index (χ0) is 16.3. The summed E-state index contributed by atoms with van der Waals surface area (Å²) in [6.07, 6.45) is 0. The van der Waals surface area contributed by atoms with Crippen molar-refractivity contribution in [3.8, 4) is 0 Å². The molecule has 1 N–H and O–H groups in total. The van der Waals surface area contributed by atoms with Gasteiger partial charge in [0.25, 0.3) is 0 Å². The Balaban J connectivity index is 2.05. The van der Waals surface area contributed by atoms with E-state index >= 15 is 0 Å². The fourth-order valence-corrected chi connectivity index (χ4v) is 2.62. The summed E-state index contributed by atoms with van der Waals surface area (Å²) in [5, 5.41) is 2.92. The molecule has 0 saturated heterocycles. The second kappa shape index (κ2) is 6.87. The molecule has 2 rings (SSSR count). The molecule has 1 aromatic heterocycles. The van der Waals surface area contributed by atoms with Crippen LogP contribution in [0.15, 0.2) is 28.7 Å². The van der Waals surface area contributed by atoms with Crippen molar-refractivity contribution in [1.29, 1.82) is 0 Å². The number of aromatic nitrogens is 2. The van der Waals surface area contributed by atoms with Gasteiger partial charge >= 0.3 is 0 Å². The van der Waals surface area contributed by atoms with E-state index in [4.69, 9.17) is 0 Å². The van der Waals surface area contributed by atoms with E-state index in [-0.39, 0.29) is 12.5 Å². The third-order valence-electron chi connectivity index (χ3n) is 3.19. The number of nitrogens with zero attached hydrogens (tertiary/aromatic N) is 3. The van der Waals surface area contributed by atoms with Crippen LogP contribution < -0.4 is 10.2 Å². The molecule has 1 amide bonds. The first-order valence-electron chi connectivity index (χ1n) is 6.94. The molecule has 0 spiro atoms. The number of aryl methyl sites for hydroxylation is 3. The largest absolute Gasteiger partial charge is 0.350 e. The molecule has 0 aliphatic rings. The quantitative estimate of drug-likeness (QED) is 0.906. The number of rotatable bonds is 4. The summed E-state index contributed by atoms with van der Waals surface area (Å²) >= 11 is 3.41. The van der Waals surface area contributed by atoms with Crippen LogP contribution in [0.1, 0.15) is 17.1 Å². The summed E-state index contributed by atoms with van der Waals surface area (Å²) in [4.78, 5) is 22.6. The van der Waals surface area contributed by atoms with Gasteiger partial charge in [-0.2, -0.15) is 0 Å². The Bertz CT molecular complexity index is 682. The lowest BCUT2D eigenvalue weighted by atomic mass is 10.2. The zero-order valence-electron chi connectivity index (χ0n) is 13.1. The predicted molar refractivity (Wildman–Crippen MR) is 92.3 cm³/mol. The van der Waals surface area contributed by atoms with Gasteiger partial charge in [-0.15, -0.1) is 0 Å². The molecule has 1 aromatic carbocycles. The van der Waals surface area contributed by atoms with Crippen LogP contribution in [-0.4, -0.2) is 29.5 Å². The molecule has 0 aliphatic heterocycles. The maximum atomic E-state index is 12.2. The van der Waals surface area contributed by atoms with Gasteiger partial charge in [-0.1, -0.05) is 15.9 Å². The van der Waals surface area contributed by atoms with Gasteiger partial charge in [0.2, 0.25) is 5.91 Å². The monoisotopic (exact) mass is 362 g/mol. The molecule has 5 nitrogen and oxygen atoms in total. The third kappa shape index (κ3) is 4.27. The number of hydrogen-bond acceptors (Lipinski definition) is 4. The lowest BCUT2D eigenvalue weighted by molar-refractivity contribution is -0.114. The van der Waals surface area contributed by atoms with E-state index in [1.54, 1.807) is 0 Å². The molecule has 116 valence electrons. The van der Waals surface area contributed by atoms with Crippen molar-refractivity contribution in [2.24, 2.45) is 0 Å². The van der Waals surface area contributed by atoms with E-state index in [2.05, 4.69) is 31.2 Å². The molecule has 0 unspecified atom stereocenters. The molecule has 0 saturated carbocycles. The Morgan fingerprint density at radius 2 is 1.95 bits per heavy atom. The van der Waals surface area contributed by atoms with Crippen LogP contribution in [0.5, 0.6) is 0 Å². The van der Waals surface area contributed by atoms with Gasteiger partial charge < -0.3 is 10.2 Å². The van der Waals surface area contributed by atoms with Crippen molar-refractivity contribution in [2.45, 2.75) is 20.8 Å². The van der Waals surface area contributed by atoms with Crippen molar-refractivity contribution in [3.63, 3.8) is 0 Å². The van der Waals surface area contributed by atoms with Crippen LogP contribution in [-0.2, 0) is 4.79 Å². The molecule has 0 atom stereocenters. The average molecular weight is 363 g/mol. The highest BCUT2D eigenvalue weighted by Gasteiger charge is 2.11. The number of carbonyl (C=O) groups is 1. The number of hydrogen-bond donors (Lipinski definition) is 1. The Morgan fingerprint density at radius 3 is 2.59 bits per heavy atom. The second-order valence-electron chi connectivity index (χ2n) is 5.28. The number of benzene rings is 1. The van der Waals surface area contributed by atoms with Gasteiger partial charge in [-0.3, -0.25) is 4.79 Å². The summed E-state index contributed by atoms with van der Waals surface area (Å²) in [7, 11) is 1.84. The van der Waals surface area contributed by atoms with Crippen LogP contribution in [0.4, 0.5) is 11.5 Å². The second-order valence-corrected chi connectivity index (χ2v) is 6.19. The van der Waals surface area contributed by atoms with Gasteiger partial charge in [0, 0.05) is 29.0 Å². The summed E-state index contributed by atoms with van der Waals surface area (Å²) in [5.74, 6) is 1.36. The fourth-order valence-electron chi connectivity index (χ4n) is 2.15. The Labute approximate surface area is 138 Å². The van der Waals surface area contributed by atoms with Crippen LogP contribution in [0, 0.1) is 20.8 Å². The minimum atomic E-state index is -0.0816. The molecule has 2 aromatic rings. The first kappa shape index (κ1) is 16.4. The minimum Gasteiger partial charge on any atom is -0.350 e. The molecule has 22 heavy (non-hydrogen) atoms. The van der Waals surface area contributed by atoms with Crippen molar-refractivity contribution in [2.75, 3.05) is 23.8 Å². The molecule has 0 fully saturated rings. The Kier molecular flexibility index (Phi) is 5.13.